The van der Waals surface area contributed by atoms with Crippen LogP contribution >= 0.6 is 0 Å². The number of carbonyl (C=O) groups excluding carboxylic acids is 1. The van der Waals surface area contributed by atoms with Gasteiger partial charge in [0.1, 0.15) is 5.76 Å². The third kappa shape index (κ3) is 2.96. The molecule has 0 radical (unpaired) electrons. The van der Waals surface area contributed by atoms with Crippen LogP contribution in [0.1, 0.15) is 27.2 Å². The van der Waals surface area contributed by atoms with Crippen molar-refractivity contribution in [2.75, 3.05) is 0 Å². The van der Waals surface area contributed by atoms with E-state index in [9.17, 15) is 4.79 Å². The maximum atomic E-state index is 12.3. The molecule has 4 nitrogen and oxygen atoms in total. The summed E-state index contributed by atoms with van der Waals surface area (Å²) in [5, 5.41) is 2.88. The quantitative estimate of drug-likeness (QED) is 0.788. The fourth-order valence-corrected chi connectivity index (χ4v) is 2.27. The van der Waals surface area contributed by atoms with E-state index < -0.39 is 0 Å². The molecule has 3 aromatic rings. The molecule has 0 bridgehead atoms. The highest BCUT2D eigenvalue weighted by Gasteiger charge is 2.11. The molecule has 0 aliphatic rings. The topological polar surface area (TPSA) is 55.4 Å². The SMILES string of the molecule is Cc1ccc(C)c(C(=O)NCc2ccc(-c3ccco3)o2)c1. The van der Waals surface area contributed by atoms with Gasteiger partial charge >= 0.3 is 0 Å². The summed E-state index contributed by atoms with van der Waals surface area (Å²) in [5.74, 6) is 1.91. The van der Waals surface area contributed by atoms with E-state index in [-0.39, 0.29) is 5.91 Å². The second-order valence-corrected chi connectivity index (χ2v) is 5.24. The fourth-order valence-electron chi connectivity index (χ4n) is 2.27. The first-order valence-corrected chi connectivity index (χ1v) is 7.11. The molecule has 112 valence electrons. The summed E-state index contributed by atoms with van der Waals surface area (Å²) >= 11 is 0. The Balaban J connectivity index is 1.67. The smallest absolute Gasteiger partial charge is 0.251 e. The van der Waals surface area contributed by atoms with E-state index in [1.54, 1.807) is 12.3 Å². The Morgan fingerprint density at radius 3 is 2.73 bits per heavy atom. The van der Waals surface area contributed by atoms with Crippen LogP contribution in [0, 0.1) is 13.8 Å². The van der Waals surface area contributed by atoms with E-state index in [1.165, 1.54) is 0 Å². The minimum Gasteiger partial charge on any atom is -0.461 e. The minimum atomic E-state index is -0.0999. The summed E-state index contributed by atoms with van der Waals surface area (Å²) in [5.41, 5.74) is 2.71. The van der Waals surface area contributed by atoms with Crippen LogP contribution in [0.3, 0.4) is 0 Å². The third-order valence-electron chi connectivity index (χ3n) is 3.49. The van der Waals surface area contributed by atoms with Gasteiger partial charge in [-0.1, -0.05) is 17.7 Å². The Bertz CT molecular complexity index is 785. The number of aryl methyl sites for hydroxylation is 2. The van der Waals surface area contributed by atoms with Crippen LogP contribution in [0.15, 0.2) is 57.6 Å². The van der Waals surface area contributed by atoms with Crippen molar-refractivity contribution in [3.63, 3.8) is 0 Å². The van der Waals surface area contributed by atoms with Gasteiger partial charge in [0.05, 0.1) is 12.8 Å². The van der Waals surface area contributed by atoms with Crippen LogP contribution < -0.4 is 5.32 Å². The van der Waals surface area contributed by atoms with Crippen molar-refractivity contribution >= 4 is 5.91 Å². The van der Waals surface area contributed by atoms with E-state index >= 15 is 0 Å². The van der Waals surface area contributed by atoms with Crippen molar-refractivity contribution in [1.82, 2.24) is 5.32 Å². The maximum Gasteiger partial charge on any atom is 0.251 e. The first-order valence-electron chi connectivity index (χ1n) is 7.11. The molecule has 0 unspecified atom stereocenters. The summed E-state index contributed by atoms with van der Waals surface area (Å²) in [6.45, 7) is 4.24. The lowest BCUT2D eigenvalue weighted by Gasteiger charge is -2.07. The molecule has 0 saturated heterocycles. The van der Waals surface area contributed by atoms with Gasteiger partial charge in [-0.25, -0.2) is 0 Å². The number of benzene rings is 1. The summed E-state index contributed by atoms with van der Waals surface area (Å²) in [4.78, 5) is 12.3. The molecule has 0 atom stereocenters. The van der Waals surface area contributed by atoms with Gasteiger partial charge in [0, 0.05) is 5.56 Å². The second kappa shape index (κ2) is 5.93. The maximum absolute atomic E-state index is 12.3. The average Bonchev–Trinajstić information content (AvgIpc) is 3.17. The molecule has 3 rings (SSSR count). The Hall–Kier alpha value is -2.75. The Morgan fingerprint density at radius 2 is 1.95 bits per heavy atom. The van der Waals surface area contributed by atoms with Gasteiger partial charge < -0.3 is 14.2 Å². The highest BCUT2D eigenvalue weighted by atomic mass is 16.4. The van der Waals surface area contributed by atoms with E-state index in [4.69, 9.17) is 8.83 Å². The molecule has 4 heteroatoms. The summed E-state index contributed by atoms with van der Waals surface area (Å²) < 4.78 is 10.9. The molecular formula is C18H17NO3. The third-order valence-corrected chi connectivity index (χ3v) is 3.49. The molecule has 1 amide bonds. The molecule has 1 N–H and O–H groups in total. The van der Waals surface area contributed by atoms with Crippen molar-refractivity contribution in [1.29, 1.82) is 0 Å². The molecule has 0 saturated carbocycles. The number of furan rings is 2. The normalized spacial score (nSPS) is 10.6. The zero-order chi connectivity index (χ0) is 15.5. The van der Waals surface area contributed by atoms with Crippen molar-refractivity contribution in [2.45, 2.75) is 20.4 Å². The number of carbonyl (C=O) groups is 1. The van der Waals surface area contributed by atoms with Gasteiger partial charge in [0.25, 0.3) is 5.91 Å². The first-order chi connectivity index (χ1) is 10.6. The van der Waals surface area contributed by atoms with Crippen LogP contribution in [-0.2, 0) is 6.54 Å². The van der Waals surface area contributed by atoms with Crippen LogP contribution in [0.4, 0.5) is 0 Å². The molecule has 0 aliphatic carbocycles. The highest BCUT2D eigenvalue weighted by Crippen LogP contribution is 2.22. The van der Waals surface area contributed by atoms with E-state index in [2.05, 4.69) is 5.32 Å². The molecule has 0 spiro atoms. The summed E-state index contributed by atoms with van der Waals surface area (Å²) in [6, 6.07) is 13.1. The molecule has 1 aromatic carbocycles. The highest BCUT2D eigenvalue weighted by molar-refractivity contribution is 5.95. The van der Waals surface area contributed by atoms with Crippen LogP contribution in [0.25, 0.3) is 11.5 Å². The van der Waals surface area contributed by atoms with Crippen LogP contribution in [0.2, 0.25) is 0 Å². The fraction of sp³-hybridized carbons (Fsp3) is 0.167. The van der Waals surface area contributed by atoms with Gasteiger partial charge in [-0.3, -0.25) is 4.79 Å². The van der Waals surface area contributed by atoms with Crippen molar-refractivity contribution < 1.29 is 13.6 Å². The lowest BCUT2D eigenvalue weighted by molar-refractivity contribution is 0.0947. The lowest BCUT2D eigenvalue weighted by Crippen LogP contribution is -2.23. The second-order valence-electron chi connectivity index (χ2n) is 5.24. The van der Waals surface area contributed by atoms with Gasteiger partial charge in [-0.2, -0.15) is 0 Å². The van der Waals surface area contributed by atoms with E-state index in [0.717, 1.165) is 11.1 Å². The van der Waals surface area contributed by atoms with Crippen LogP contribution in [-0.4, -0.2) is 5.91 Å². The van der Waals surface area contributed by atoms with Crippen molar-refractivity contribution in [3.05, 3.63) is 71.2 Å². The zero-order valence-electron chi connectivity index (χ0n) is 12.6. The minimum absolute atomic E-state index is 0.0999. The first kappa shape index (κ1) is 14.2. The van der Waals surface area contributed by atoms with E-state index in [0.29, 0.717) is 29.4 Å². The molecule has 0 fully saturated rings. The molecule has 22 heavy (non-hydrogen) atoms. The zero-order valence-corrected chi connectivity index (χ0v) is 12.6. The average molecular weight is 295 g/mol. The molecule has 2 heterocycles. The predicted octanol–water partition coefficient (Wildman–Crippen LogP) is 4.09. The Morgan fingerprint density at radius 1 is 1.09 bits per heavy atom. The number of hydrogen-bond donors (Lipinski definition) is 1. The number of rotatable bonds is 4. The molecule has 0 aliphatic heterocycles. The van der Waals surface area contributed by atoms with Gasteiger partial charge in [0.2, 0.25) is 0 Å². The monoisotopic (exact) mass is 295 g/mol. The van der Waals surface area contributed by atoms with Crippen LogP contribution in [0.5, 0.6) is 0 Å². The predicted molar refractivity (Wildman–Crippen MR) is 83.5 cm³/mol. The summed E-state index contributed by atoms with van der Waals surface area (Å²) in [7, 11) is 0. The summed E-state index contributed by atoms with van der Waals surface area (Å²) in [6.07, 6.45) is 1.60. The number of nitrogens with one attached hydrogen (secondary N) is 1. The Kier molecular flexibility index (Phi) is 3.83. The number of amides is 1. The molecule has 2 aromatic heterocycles. The van der Waals surface area contributed by atoms with Gasteiger partial charge in [0.15, 0.2) is 11.5 Å². The Labute approximate surface area is 128 Å². The standard InChI is InChI=1S/C18H17NO3/c1-12-5-6-13(2)15(10-12)18(20)19-11-14-7-8-17(22-14)16-4-3-9-21-16/h3-10H,11H2,1-2H3,(H,19,20). The van der Waals surface area contributed by atoms with Crippen molar-refractivity contribution in [2.24, 2.45) is 0 Å². The van der Waals surface area contributed by atoms with Gasteiger partial charge in [-0.15, -0.1) is 0 Å². The molecular weight excluding hydrogens is 278 g/mol. The number of hydrogen-bond acceptors (Lipinski definition) is 3. The lowest BCUT2D eigenvalue weighted by atomic mass is 10.1. The van der Waals surface area contributed by atoms with Gasteiger partial charge in [-0.05, 0) is 49.7 Å². The van der Waals surface area contributed by atoms with Crippen molar-refractivity contribution in [3.8, 4) is 11.5 Å². The largest absolute Gasteiger partial charge is 0.461 e. The van der Waals surface area contributed by atoms with E-state index in [1.807, 2.05) is 50.2 Å².